The van der Waals surface area contributed by atoms with Gasteiger partial charge in [0.1, 0.15) is 5.54 Å². The Morgan fingerprint density at radius 2 is 2.06 bits per heavy atom. The molecule has 3 nitrogen and oxygen atoms in total. The Morgan fingerprint density at radius 3 is 2.56 bits per heavy atom. The van der Waals surface area contributed by atoms with E-state index in [9.17, 15) is 9.90 Å². The van der Waals surface area contributed by atoms with Crippen LogP contribution in [0.25, 0.3) is 0 Å². The van der Waals surface area contributed by atoms with Gasteiger partial charge in [-0.3, -0.25) is 5.32 Å². The summed E-state index contributed by atoms with van der Waals surface area (Å²) in [5.41, 5.74) is 1.99. The Kier molecular flexibility index (Phi) is 3.20. The number of hydrogen-bond donors (Lipinski definition) is 2. The predicted octanol–water partition coefficient (Wildman–Crippen LogP) is 2.60. The van der Waals surface area contributed by atoms with Gasteiger partial charge in [0.15, 0.2) is 0 Å². The minimum atomic E-state index is -0.995. The van der Waals surface area contributed by atoms with Crippen LogP contribution < -0.4 is 5.32 Å². The second-order valence-electron chi connectivity index (χ2n) is 5.71. The third-order valence-electron chi connectivity index (χ3n) is 3.94. The molecule has 0 amide bonds. The van der Waals surface area contributed by atoms with Gasteiger partial charge < -0.3 is 5.11 Å². The highest BCUT2D eigenvalue weighted by Gasteiger charge is 2.44. The van der Waals surface area contributed by atoms with Crippen LogP contribution in [-0.2, 0) is 10.3 Å². The minimum absolute atomic E-state index is 0.325. The molecule has 18 heavy (non-hydrogen) atoms. The van der Waals surface area contributed by atoms with E-state index in [0.29, 0.717) is 12.0 Å². The molecular weight excluding hydrogens is 226 g/mol. The maximum absolute atomic E-state index is 11.7. The van der Waals surface area contributed by atoms with Crippen LogP contribution in [0.3, 0.4) is 0 Å². The van der Waals surface area contributed by atoms with Gasteiger partial charge in [-0.25, -0.2) is 4.79 Å². The molecule has 1 aromatic rings. The molecule has 0 spiro atoms. The van der Waals surface area contributed by atoms with Crippen molar-refractivity contribution >= 4 is 5.97 Å². The van der Waals surface area contributed by atoms with Crippen molar-refractivity contribution in [2.24, 2.45) is 5.92 Å². The molecule has 98 valence electrons. The van der Waals surface area contributed by atoms with Gasteiger partial charge in [-0.1, -0.05) is 30.7 Å². The van der Waals surface area contributed by atoms with Crippen LogP contribution in [0.2, 0.25) is 0 Å². The van der Waals surface area contributed by atoms with Gasteiger partial charge >= 0.3 is 5.97 Å². The summed E-state index contributed by atoms with van der Waals surface area (Å²) in [6.07, 6.45) is 1.06. The van der Waals surface area contributed by atoms with Crippen molar-refractivity contribution in [2.75, 3.05) is 0 Å². The first kappa shape index (κ1) is 13.1. The fraction of sp³-hybridized carbons (Fsp3) is 0.533. The number of carboxylic acids is 1. The number of benzene rings is 1. The lowest BCUT2D eigenvalue weighted by Gasteiger charge is -2.29. The molecule has 0 bridgehead atoms. The maximum Gasteiger partial charge on any atom is 0.328 e. The van der Waals surface area contributed by atoms with Gasteiger partial charge in [-0.05, 0) is 44.2 Å². The number of aliphatic carboxylic acids is 1. The molecule has 1 aliphatic rings. The smallest absolute Gasteiger partial charge is 0.328 e. The molecule has 0 aromatic heterocycles. The topological polar surface area (TPSA) is 49.3 Å². The number of rotatable bonds is 4. The minimum Gasteiger partial charge on any atom is -0.480 e. The zero-order chi connectivity index (χ0) is 13.5. The third-order valence-corrected chi connectivity index (χ3v) is 3.94. The zero-order valence-electron chi connectivity index (χ0n) is 11.4. The van der Waals surface area contributed by atoms with E-state index < -0.39 is 11.5 Å². The Hall–Kier alpha value is -1.35. The summed E-state index contributed by atoms with van der Waals surface area (Å²) in [6.45, 7) is 7.87. The van der Waals surface area contributed by atoms with Crippen LogP contribution in [0.5, 0.6) is 0 Å². The maximum atomic E-state index is 11.7. The monoisotopic (exact) mass is 247 g/mol. The van der Waals surface area contributed by atoms with E-state index in [0.717, 1.165) is 23.1 Å². The molecule has 2 rings (SSSR count). The second-order valence-corrected chi connectivity index (χ2v) is 5.71. The van der Waals surface area contributed by atoms with Crippen LogP contribution >= 0.6 is 0 Å². The summed E-state index contributed by atoms with van der Waals surface area (Å²) in [5.74, 6) is -0.232. The van der Waals surface area contributed by atoms with E-state index in [4.69, 9.17) is 0 Å². The molecule has 2 N–H and O–H groups in total. The molecule has 0 heterocycles. The van der Waals surface area contributed by atoms with E-state index in [1.165, 1.54) is 0 Å². The van der Waals surface area contributed by atoms with E-state index in [1.807, 2.05) is 32.0 Å². The molecule has 1 saturated carbocycles. The van der Waals surface area contributed by atoms with E-state index in [2.05, 4.69) is 12.2 Å². The van der Waals surface area contributed by atoms with Crippen LogP contribution in [-0.4, -0.2) is 17.1 Å². The Morgan fingerprint density at radius 1 is 1.44 bits per heavy atom. The number of carboxylic acid groups (broad SMARTS) is 1. The van der Waals surface area contributed by atoms with Crippen molar-refractivity contribution in [1.29, 1.82) is 0 Å². The average Bonchev–Trinajstić information content (AvgIpc) is 2.97. The molecule has 0 radical (unpaired) electrons. The van der Waals surface area contributed by atoms with E-state index in [1.54, 1.807) is 6.92 Å². The average molecular weight is 247 g/mol. The van der Waals surface area contributed by atoms with Gasteiger partial charge in [0.2, 0.25) is 0 Å². The van der Waals surface area contributed by atoms with Gasteiger partial charge in [0.25, 0.3) is 0 Å². The van der Waals surface area contributed by atoms with Crippen LogP contribution in [0.4, 0.5) is 0 Å². The summed E-state index contributed by atoms with van der Waals surface area (Å²) in [4.78, 5) is 11.7. The van der Waals surface area contributed by atoms with E-state index in [-0.39, 0.29) is 0 Å². The molecule has 3 heteroatoms. The molecule has 3 unspecified atom stereocenters. The third kappa shape index (κ3) is 2.27. The molecule has 3 atom stereocenters. The molecule has 0 saturated heterocycles. The fourth-order valence-electron chi connectivity index (χ4n) is 2.42. The van der Waals surface area contributed by atoms with Gasteiger partial charge in [-0.2, -0.15) is 0 Å². The lowest BCUT2D eigenvalue weighted by atomic mass is 9.87. The highest BCUT2D eigenvalue weighted by atomic mass is 16.4. The first-order valence-electron chi connectivity index (χ1n) is 6.43. The zero-order valence-corrected chi connectivity index (χ0v) is 11.4. The highest BCUT2D eigenvalue weighted by Crippen LogP contribution is 2.35. The van der Waals surface area contributed by atoms with Crippen molar-refractivity contribution in [1.82, 2.24) is 5.32 Å². The number of carbonyl (C=O) groups is 1. The number of hydrogen-bond acceptors (Lipinski definition) is 2. The van der Waals surface area contributed by atoms with Crippen molar-refractivity contribution in [3.05, 3.63) is 34.9 Å². The molecule has 1 fully saturated rings. The largest absolute Gasteiger partial charge is 0.480 e. The highest BCUT2D eigenvalue weighted by molar-refractivity contribution is 5.81. The number of aryl methyl sites for hydroxylation is 2. The fourth-order valence-corrected chi connectivity index (χ4v) is 2.42. The van der Waals surface area contributed by atoms with Crippen molar-refractivity contribution in [3.63, 3.8) is 0 Å². The lowest BCUT2D eigenvalue weighted by Crippen LogP contribution is -2.48. The van der Waals surface area contributed by atoms with Crippen LogP contribution in [0.15, 0.2) is 18.2 Å². The van der Waals surface area contributed by atoms with Crippen LogP contribution in [0, 0.1) is 19.8 Å². The van der Waals surface area contributed by atoms with Gasteiger partial charge in [-0.15, -0.1) is 0 Å². The van der Waals surface area contributed by atoms with Gasteiger partial charge in [0, 0.05) is 6.04 Å². The Bertz CT molecular complexity index is 483. The summed E-state index contributed by atoms with van der Waals surface area (Å²) < 4.78 is 0. The SMILES string of the molecule is Cc1ccc(C)c(C(C)(NC2CC2C)C(=O)O)c1. The van der Waals surface area contributed by atoms with Gasteiger partial charge in [0.05, 0.1) is 0 Å². The summed E-state index contributed by atoms with van der Waals surface area (Å²) >= 11 is 0. The normalized spacial score (nSPS) is 25.6. The summed E-state index contributed by atoms with van der Waals surface area (Å²) in [5, 5.41) is 12.9. The van der Waals surface area contributed by atoms with Crippen molar-refractivity contribution in [3.8, 4) is 0 Å². The second kappa shape index (κ2) is 4.39. The summed E-state index contributed by atoms with van der Waals surface area (Å²) in [6, 6.07) is 6.31. The first-order chi connectivity index (χ1) is 8.34. The van der Waals surface area contributed by atoms with Crippen molar-refractivity contribution < 1.29 is 9.90 Å². The molecule has 1 aromatic carbocycles. The predicted molar refractivity (Wildman–Crippen MR) is 71.6 cm³/mol. The molecular formula is C15H21NO2. The Labute approximate surface area is 108 Å². The first-order valence-corrected chi connectivity index (χ1v) is 6.43. The van der Waals surface area contributed by atoms with Crippen LogP contribution in [0.1, 0.15) is 37.0 Å². The van der Waals surface area contributed by atoms with Crippen molar-refractivity contribution in [2.45, 2.75) is 45.7 Å². The molecule has 0 aliphatic heterocycles. The standard InChI is InChI=1S/C15H21NO2/c1-9-5-6-10(2)12(7-9)15(4,14(17)18)16-13-8-11(13)3/h5-7,11,13,16H,8H2,1-4H3,(H,17,18). The summed E-state index contributed by atoms with van der Waals surface area (Å²) in [7, 11) is 0. The molecule has 1 aliphatic carbocycles. The Balaban J connectivity index is 2.39. The quantitative estimate of drug-likeness (QED) is 0.859. The van der Waals surface area contributed by atoms with E-state index >= 15 is 0 Å². The lowest BCUT2D eigenvalue weighted by molar-refractivity contribution is -0.144. The number of nitrogens with one attached hydrogen (secondary N) is 1.